The Hall–Kier alpha value is -1.85. The molecular formula is C16H20N2O2S. The second-order valence-electron chi connectivity index (χ2n) is 5.29. The number of nitrogens with one attached hydrogen (secondary N) is 1. The number of rotatable bonds is 5. The van der Waals surface area contributed by atoms with Gasteiger partial charge in [-0.25, -0.2) is 13.1 Å². The van der Waals surface area contributed by atoms with E-state index in [1.165, 1.54) is 17.7 Å². The van der Waals surface area contributed by atoms with Crippen molar-refractivity contribution in [3.63, 3.8) is 0 Å². The topological polar surface area (TPSA) is 72.2 Å². The van der Waals surface area contributed by atoms with E-state index in [1.54, 1.807) is 12.1 Å². The van der Waals surface area contributed by atoms with Gasteiger partial charge in [-0.2, -0.15) is 0 Å². The van der Waals surface area contributed by atoms with E-state index >= 15 is 0 Å². The summed E-state index contributed by atoms with van der Waals surface area (Å²) in [6, 6.07) is 14.2. The minimum atomic E-state index is -3.54. The van der Waals surface area contributed by atoms with E-state index in [1.807, 2.05) is 24.3 Å². The van der Waals surface area contributed by atoms with Crippen LogP contribution in [-0.4, -0.2) is 8.42 Å². The summed E-state index contributed by atoms with van der Waals surface area (Å²) in [6.07, 6.45) is 0. The quantitative estimate of drug-likeness (QED) is 0.834. The molecular weight excluding hydrogens is 284 g/mol. The number of hydrogen-bond acceptors (Lipinski definition) is 3. The van der Waals surface area contributed by atoms with Crippen molar-refractivity contribution >= 4 is 15.7 Å². The first kappa shape index (κ1) is 15.5. The molecule has 2 aromatic carbocycles. The predicted molar refractivity (Wildman–Crippen MR) is 85.4 cm³/mol. The van der Waals surface area contributed by atoms with Crippen molar-refractivity contribution in [2.24, 2.45) is 0 Å². The third-order valence-electron chi connectivity index (χ3n) is 3.28. The minimum Gasteiger partial charge on any atom is -0.399 e. The highest BCUT2D eigenvalue weighted by molar-refractivity contribution is 7.89. The fraction of sp³-hybridized carbons (Fsp3) is 0.250. The zero-order valence-electron chi connectivity index (χ0n) is 12.2. The summed E-state index contributed by atoms with van der Waals surface area (Å²) in [5.41, 5.74) is 8.20. The van der Waals surface area contributed by atoms with Crippen LogP contribution in [-0.2, 0) is 16.6 Å². The van der Waals surface area contributed by atoms with Gasteiger partial charge in [-0.15, -0.1) is 0 Å². The first-order chi connectivity index (χ1) is 9.88. The zero-order valence-corrected chi connectivity index (χ0v) is 13.0. The summed E-state index contributed by atoms with van der Waals surface area (Å²) < 4.78 is 26.9. The molecule has 0 aliphatic heterocycles. The SMILES string of the molecule is CC(C)c1ccc(CNS(=O)(=O)c2cccc(N)c2)cc1. The second kappa shape index (κ2) is 6.28. The highest BCUT2D eigenvalue weighted by atomic mass is 32.2. The maximum absolute atomic E-state index is 12.2. The lowest BCUT2D eigenvalue weighted by Crippen LogP contribution is -2.23. The maximum atomic E-state index is 12.2. The molecule has 0 amide bonds. The van der Waals surface area contributed by atoms with Crippen molar-refractivity contribution in [2.75, 3.05) is 5.73 Å². The van der Waals surface area contributed by atoms with Gasteiger partial charge in [0, 0.05) is 12.2 Å². The van der Waals surface area contributed by atoms with E-state index in [0.29, 0.717) is 11.6 Å². The average molecular weight is 304 g/mol. The van der Waals surface area contributed by atoms with Gasteiger partial charge in [0.15, 0.2) is 0 Å². The lowest BCUT2D eigenvalue weighted by molar-refractivity contribution is 0.581. The molecule has 0 atom stereocenters. The van der Waals surface area contributed by atoms with Gasteiger partial charge in [-0.1, -0.05) is 44.2 Å². The summed E-state index contributed by atoms with van der Waals surface area (Å²) in [7, 11) is -3.54. The van der Waals surface area contributed by atoms with Crippen molar-refractivity contribution < 1.29 is 8.42 Å². The van der Waals surface area contributed by atoms with E-state index in [2.05, 4.69) is 18.6 Å². The van der Waals surface area contributed by atoms with Gasteiger partial charge in [0.25, 0.3) is 0 Å². The summed E-state index contributed by atoms with van der Waals surface area (Å²) in [5.74, 6) is 0.461. The Morgan fingerprint density at radius 2 is 1.76 bits per heavy atom. The number of sulfonamides is 1. The minimum absolute atomic E-state index is 0.182. The van der Waals surface area contributed by atoms with Crippen LogP contribution in [0.4, 0.5) is 5.69 Å². The summed E-state index contributed by atoms with van der Waals surface area (Å²) in [6.45, 7) is 4.50. The first-order valence-electron chi connectivity index (χ1n) is 6.82. The van der Waals surface area contributed by atoms with E-state index in [-0.39, 0.29) is 11.4 Å². The Balaban J connectivity index is 2.08. The monoisotopic (exact) mass is 304 g/mol. The molecule has 0 saturated heterocycles. The molecule has 0 bridgehead atoms. The predicted octanol–water partition coefficient (Wildman–Crippen LogP) is 2.87. The van der Waals surface area contributed by atoms with Crippen molar-refractivity contribution in [3.8, 4) is 0 Å². The van der Waals surface area contributed by atoms with Crippen molar-refractivity contribution in [1.82, 2.24) is 4.72 Å². The first-order valence-corrected chi connectivity index (χ1v) is 8.31. The highest BCUT2D eigenvalue weighted by Gasteiger charge is 2.13. The number of benzene rings is 2. The second-order valence-corrected chi connectivity index (χ2v) is 7.06. The molecule has 3 N–H and O–H groups in total. The molecule has 0 saturated carbocycles. The smallest absolute Gasteiger partial charge is 0.240 e. The normalized spacial score (nSPS) is 11.8. The molecule has 0 unspecified atom stereocenters. The molecule has 112 valence electrons. The fourth-order valence-electron chi connectivity index (χ4n) is 1.96. The Labute approximate surface area is 126 Å². The standard InChI is InChI=1S/C16H20N2O2S/c1-12(2)14-8-6-13(7-9-14)11-18-21(19,20)16-5-3-4-15(17)10-16/h3-10,12,18H,11,17H2,1-2H3. The zero-order chi connectivity index (χ0) is 15.5. The van der Waals surface area contributed by atoms with Gasteiger partial charge in [0.05, 0.1) is 4.90 Å². The summed E-state index contributed by atoms with van der Waals surface area (Å²) in [5, 5.41) is 0. The number of anilines is 1. The summed E-state index contributed by atoms with van der Waals surface area (Å²) in [4.78, 5) is 0.182. The lowest BCUT2D eigenvalue weighted by Gasteiger charge is -2.09. The van der Waals surface area contributed by atoms with E-state index in [9.17, 15) is 8.42 Å². The van der Waals surface area contributed by atoms with Crippen molar-refractivity contribution in [3.05, 3.63) is 59.7 Å². The van der Waals surface area contributed by atoms with Gasteiger partial charge in [-0.3, -0.25) is 0 Å². The van der Waals surface area contributed by atoms with Crippen LogP contribution in [0.2, 0.25) is 0 Å². The highest BCUT2D eigenvalue weighted by Crippen LogP contribution is 2.16. The third-order valence-corrected chi connectivity index (χ3v) is 4.68. The van der Waals surface area contributed by atoms with Crippen LogP contribution in [0.5, 0.6) is 0 Å². The molecule has 0 aromatic heterocycles. The largest absolute Gasteiger partial charge is 0.399 e. The van der Waals surface area contributed by atoms with Crippen LogP contribution in [0.1, 0.15) is 30.9 Å². The number of nitrogen functional groups attached to an aromatic ring is 1. The molecule has 0 spiro atoms. The van der Waals surface area contributed by atoms with E-state index in [4.69, 9.17) is 5.73 Å². The Morgan fingerprint density at radius 3 is 2.33 bits per heavy atom. The molecule has 4 nitrogen and oxygen atoms in total. The van der Waals surface area contributed by atoms with Crippen molar-refractivity contribution in [1.29, 1.82) is 0 Å². The molecule has 2 rings (SSSR count). The maximum Gasteiger partial charge on any atom is 0.240 e. The molecule has 0 heterocycles. The van der Waals surface area contributed by atoms with Gasteiger partial charge in [0.2, 0.25) is 10.0 Å². The van der Waals surface area contributed by atoms with Crippen LogP contribution in [0.15, 0.2) is 53.4 Å². The van der Waals surface area contributed by atoms with Gasteiger partial charge in [-0.05, 0) is 35.2 Å². The molecule has 0 radical (unpaired) electrons. The number of nitrogens with two attached hydrogens (primary N) is 1. The van der Waals surface area contributed by atoms with Crippen LogP contribution >= 0.6 is 0 Å². The Kier molecular flexibility index (Phi) is 4.65. The third kappa shape index (κ3) is 4.06. The molecule has 21 heavy (non-hydrogen) atoms. The van der Waals surface area contributed by atoms with Crippen LogP contribution in [0.3, 0.4) is 0 Å². The van der Waals surface area contributed by atoms with E-state index < -0.39 is 10.0 Å². The summed E-state index contributed by atoms with van der Waals surface area (Å²) >= 11 is 0. The van der Waals surface area contributed by atoms with Crippen LogP contribution in [0, 0.1) is 0 Å². The molecule has 0 aliphatic rings. The Morgan fingerprint density at radius 1 is 1.10 bits per heavy atom. The molecule has 0 aliphatic carbocycles. The van der Waals surface area contributed by atoms with E-state index in [0.717, 1.165) is 5.56 Å². The van der Waals surface area contributed by atoms with Gasteiger partial charge in [0.1, 0.15) is 0 Å². The van der Waals surface area contributed by atoms with Crippen LogP contribution < -0.4 is 10.5 Å². The van der Waals surface area contributed by atoms with Gasteiger partial charge < -0.3 is 5.73 Å². The van der Waals surface area contributed by atoms with Gasteiger partial charge >= 0.3 is 0 Å². The molecule has 2 aromatic rings. The average Bonchev–Trinajstić information content (AvgIpc) is 2.45. The number of hydrogen-bond donors (Lipinski definition) is 2. The Bertz CT molecular complexity index is 707. The molecule has 0 fully saturated rings. The molecule has 5 heteroatoms. The van der Waals surface area contributed by atoms with Crippen LogP contribution in [0.25, 0.3) is 0 Å². The lowest BCUT2D eigenvalue weighted by atomic mass is 10.0. The van der Waals surface area contributed by atoms with Crippen molar-refractivity contribution in [2.45, 2.75) is 31.2 Å². The fourth-order valence-corrected chi connectivity index (χ4v) is 3.04.